The molecule has 0 radical (unpaired) electrons. The number of aryl methyl sites for hydroxylation is 1. The van der Waals surface area contributed by atoms with Crippen molar-refractivity contribution in [2.45, 2.75) is 13.5 Å². The molecule has 1 aromatic rings. The first-order chi connectivity index (χ1) is 7.27. The summed E-state index contributed by atoms with van der Waals surface area (Å²) >= 11 is 0. The van der Waals surface area contributed by atoms with Crippen LogP contribution in [0.3, 0.4) is 0 Å². The van der Waals surface area contributed by atoms with Crippen molar-refractivity contribution < 1.29 is 0 Å². The Kier molecular flexibility index (Phi) is 4.42. The van der Waals surface area contributed by atoms with Crippen LogP contribution in [0.1, 0.15) is 11.1 Å². The van der Waals surface area contributed by atoms with E-state index < -0.39 is 0 Å². The Bertz CT molecular complexity index is 375. The van der Waals surface area contributed by atoms with Gasteiger partial charge >= 0.3 is 0 Å². The van der Waals surface area contributed by atoms with Gasteiger partial charge in [0.25, 0.3) is 0 Å². The van der Waals surface area contributed by atoms with Crippen LogP contribution in [0.4, 0.5) is 0 Å². The van der Waals surface area contributed by atoms with E-state index in [1.807, 2.05) is 12.1 Å². The van der Waals surface area contributed by atoms with Gasteiger partial charge in [0.05, 0.1) is 0 Å². The standard InChI is InChI=1S/C14H17N/c1-4-8-14(5-2)15-11-13-10-7-6-9-12(13)3/h4-10,15H,1-2,11H2,3H3/b14-8+. The molecule has 0 saturated heterocycles. The maximum Gasteiger partial charge on any atom is 0.0403 e. The van der Waals surface area contributed by atoms with Gasteiger partial charge in [-0.1, -0.05) is 43.5 Å². The van der Waals surface area contributed by atoms with Crippen molar-refractivity contribution in [3.05, 3.63) is 72.5 Å². The third kappa shape index (κ3) is 3.47. The van der Waals surface area contributed by atoms with Gasteiger partial charge < -0.3 is 5.32 Å². The van der Waals surface area contributed by atoms with Crippen LogP contribution in [0, 0.1) is 6.92 Å². The van der Waals surface area contributed by atoms with Crippen molar-refractivity contribution in [2.75, 3.05) is 0 Å². The molecule has 1 nitrogen and oxygen atoms in total. The van der Waals surface area contributed by atoms with E-state index in [0.29, 0.717) is 0 Å². The number of allylic oxidation sites excluding steroid dienone is 3. The van der Waals surface area contributed by atoms with E-state index in [2.05, 4.69) is 43.6 Å². The van der Waals surface area contributed by atoms with Gasteiger partial charge in [-0.2, -0.15) is 0 Å². The van der Waals surface area contributed by atoms with Gasteiger partial charge in [-0.3, -0.25) is 0 Å². The Morgan fingerprint density at radius 2 is 2.07 bits per heavy atom. The zero-order chi connectivity index (χ0) is 11.1. The SMILES string of the molecule is C=C/C=C(\C=C)NCc1ccccc1C. The van der Waals surface area contributed by atoms with Crippen molar-refractivity contribution >= 4 is 0 Å². The van der Waals surface area contributed by atoms with Gasteiger partial charge in [-0.25, -0.2) is 0 Å². The van der Waals surface area contributed by atoms with Gasteiger partial charge in [-0.05, 0) is 30.2 Å². The van der Waals surface area contributed by atoms with E-state index in [4.69, 9.17) is 0 Å². The molecule has 0 aliphatic carbocycles. The monoisotopic (exact) mass is 199 g/mol. The molecule has 1 aromatic carbocycles. The minimum absolute atomic E-state index is 0.818. The second-order valence-corrected chi connectivity index (χ2v) is 3.34. The average Bonchev–Trinajstić information content (AvgIpc) is 2.26. The first-order valence-electron chi connectivity index (χ1n) is 5.01. The highest BCUT2D eigenvalue weighted by Crippen LogP contribution is 2.07. The van der Waals surface area contributed by atoms with E-state index in [0.717, 1.165) is 12.2 Å². The van der Waals surface area contributed by atoms with Crippen LogP contribution in [-0.2, 0) is 6.54 Å². The van der Waals surface area contributed by atoms with Crippen LogP contribution < -0.4 is 5.32 Å². The molecule has 15 heavy (non-hydrogen) atoms. The highest BCUT2D eigenvalue weighted by molar-refractivity contribution is 5.27. The van der Waals surface area contributed by atoms with E-state index in [1.165, 1.54) is 11.1 Å². The molecule has 0 saturated carbocycles. The molecule has 0 bridgehead atoms. The summed E-state index contributed by atoms with van der Waals surface area (Å²) in [6.07, 6.45) is 5.45. The second-order valence-electron chi connectivity index (χ2n) is 3.34. The first-order valence-corrected chi connectivity index (χ1v) is 5.01. The molecular formula is C14H17N. The second kappa shape index (κ2) is 5.86. The molecule has 1 rings (SSSR count). The lowest BCUT2D eigenvalue weighted by Gasteiger charge is -2.08. The van der Waals surface area contributed by atoms with Crippen LogP contribution in [0.25, 0.3) is 0 Å². The van der Waals surface area contributed by atoms with Gasteiger partial charge in [0.15, 0.2) is 0 Å². The van der Waals surface area contributed by atoms with Crippen molar-refractivity contribution in [3.63, 3.8) is 0 Å². The Labute approximate surface area is 91.8 Å². The minimum Gasteiger partial charge on any atom is -0.381 e. The molecule has 78 valence electrons. The summed E-state index contributed by atoms with van der Waals surface area (Å²) in [5.74, 6) is 0. The Morgan fingerprint density at radius 3 is 2.67 bits per heavy atom. The third-order valence-corrected chi connectivity index (χ3v) is 2.26. The molecule has 0 fully saturated rings. The topological polar surface area (TPSA) is 12.0 Å². The maximum absolute atomic E-state index is 3.74. The molecular weight excluding hydrogens is 182 g/mol. The summed E-state index contributed by atoms with van der Waals surface area (Å²) in [6.45, 7) is 10.3. The normalized spacial score (nSPS) is 10.9. The lowest BCUT2D eigenvalue weighted by atomic mass is 10.1. The molecule has 0 atom stereocenters. The molecule has 0 aromatic heterocycles. The van der Waals surface area contributed by atoms with Gasteiger partial charge in [0.2, 0.25) is 0 Å². The van der Waals surface area contributed by atoms with Crippen LogP contribution in [0.2, 0.25) is 0 Å². The third-order valence-electron chi connectivity index (χ3n) is 2.26. The number of benzene rings is 1. The molecule has 0 amide bonds. The molecule has 0 heterocycles. The predicted octanol–water partition coefficient (Wildman–Crippen LogP) is 3.34. The molecule has 0 aliphatic heterocycles. The van der Waals surface area contributed by atoms with Crippen molar-refractivity contribution in [1.82, 2.24) is 5.32 Å². The molecule has 0 aliphatic rings. The zero-order valence-electron chi connectivity index (χ0n) is 9.16. The fraction of sp³-hybridized carbons (Fsp3) is 0.143. The summed E-state index contributed by atoms with van der Waals surface area (Å²) in [5, 5.41) is 3.30. The van der Waals surface area contributed by atoms with Crippen LogP contribution in [0.5, 0.6) is 0 Å². The van der Waals surface area contributed by atoms with E-state index >= 15 is 0 Å². The molecule has 0 spiro atoms. The number of hydrogen-bond donors (Lipinski definition) is 1. The zero-order valence-corrected chi connectivity index (χ0v) is 9.16. The highest BCUT2D eigenvalue weighted by atomic mass is 14.9. The summed E-state index contributed by atoms with van der Waals surface area (Å²) in [5.41, 5.74) is 3.59. The Morgan fingerprint density at radius 1 is 1.33 bits per heavy atom. The Balaban J connectivity index is 2.64. The molecule has 1 N–H and O–H groups in total. The summed E-state index contributed by atoms with van der Waals surface area (Å²) in [6, 6.07) is 8.33. The predicted molar refractivity (Wildman–Crippen MR) is 66.5 cm³/mol. The molecule has 1 heteroatoms. The number of hydrogen-bond acceptors (Lipinski definition) is 1. The lowest BCUT2D eigenvalue weighted by molar-refractivity contribution is 0.828. The Hall–Kier alpha value is -1.76. The van der Waals surface area contributed by atoms with Gasteiger partial charge in [0.1, 0.15) is 0 Å². The van der Waals surface area contributed by atoms with Gasteiger partial charge in [-0.15, -0.1) is 0 Å². The van der Waals surface area contributed by atoms with Crippen LogP contribution >= 0.6 is 0 Å². The lowest BCUT2D eigenvalue weighted by Crippen LogP contribution is -2.11. The van der Waals surface area contributed by atoms with Crippen LogP contribution in [0.15, 0.2) is 61.3 Å². The average molecular weight is 199 g/mol. The fourth-order valence-electron chi connectivity index (χ4n) is 1.33. The summed E-state index contributed by atoms with van der Waals surface area (Å²) in [7, 11) is 0. The fourth-order valence-corrected chi connectivity index (χ4v) is 1.33. The minimum atomic E-state index is 0.818. The quantitative estimate of drug-likeness (QED) is 0.717. The number of rotatable bonds is 5. The van der Waals surface area contributed by atoms with E-state index in [-0.39, 0.29) is 0 Å². The van der Waals surface area contributed by atoms with Crippen molar-refractivity contribution in [2.24, 2.45) is 0 Å². The van der Waals surface area contributed by atoms with E-state index in [1.54, 1.807) is 12.2 Å². The van der Waals surface area contributed by atoms with Crippen LogP contribution in [-0.4, -0.2) is 0 Å². The number of nitrogens with one attached hydrogen (secondary N) is 1. The van der Waals surface area contributed by atoms with Crippen molar-refractivity contribution in [3.8, 4) is 0 Å². The summed E-state index contributed by atoms with van der Waals surface area (Å²) < 4.78 is 0. The van der Waals surface area contributed by atoms with Gasteiger partial charge in [0, 0.05) is 12.2 Å². The highest BCUT2D eigenvalue weighted by Gasteiger charge is 1.96. The molecule has 0 unspecified atom stereocenters. The smallest absolute Gasteiger partial charge is 0.0403 e. The first kappa shape index (κ1) is 11.3. The van der Waals surface area contributed by atoms with Crippen molar-refractivity contribution in [1.29, 1.82) is 0 Å². The maximum atomic E-state index is 3.74. The summed E-state index contributed by atoms with van der Waals surface area (Å²) in [4.78, 5) is 0. The van der Waals surface area contributed by atoms with E-state index in [9.17, 15) is 0 Å². The largest absolute Gasteiger partial charge is 0.381 e.